The van der Waals surface area contributed by atoms with Crippen LogP contribution in [0.2, 0.25) is 5.02 Å². The van der Waals surface area contributed by atoms with E-state index in [-0.39, 0.29) is 5.56 Å². The Hall–Kier alpha value is -2.84. The fourth-order valence-electron chi connectivity index (χ4n) is 2.96. The Morgan fingerprint density at radius 2 is 1.67 bits per heavy atom. The number of pyridine rings is 1. The van der Waals surface area contributed by atoms with Gasteiger partial charge in [0.05, 0.1) is 5.39 Å². The van der Waals surface area contributed by atoms with E-state index in [1.165, 1.54) is 0 Å². The average Bonchev–Trinajstić information content (AvgIpc) is 2.61. The van der Waals surface area contributed by atoms with Crippen molar-refractivity contribution in [1.29, 1.82) is 0 Å². The van der Waals surface area contributed by atoms with Crippen LogP contribution in [0.15, 0.2) is 71.7 Å². The zero-order valence-corrected chi connectivity index (χ0v) is 13.5. The molecule has 0 saturated heterocycles. The lowest BCUT2D eigenvalue weighted by atomic mass is 10.00. The summed E-state index contributed by atoms with van der Waals surface area (Å²) in [6, 6.07) is 19.7. The minimum absolute atomic E-state index is 0.102. The summed E-state index contributed by atoms with van der Waals surface area (Å²) in [5.74, 6) is 0. The Labute approximate surface area is 144 Å². The fourth-order valence-corrected chi connectivity index (χ4v) is 3.13. The fraction of sp³-hybridized carbons (Fsp3) is 0. The van der Waals surface area contributed by atoms with Crippen molar-refractivity contribution in [2.45, 2.75) is 0 Å². The second-order valence-corrected chi connectivity index (χ2v) is 6.11. The van der Waals surface area contributed by atoms with Crippen molar-refractivity contribution in [2.75, 3.05) is 0 Å². The minimum atomic E-state index is -0.102. The normalized spacial score (nSPS) is 11.5. The molecule has 0 saturated carbocycles. The van der Waals surface area contributed by atoms with E-state index in [1.54, 1.807) is 6.20 Å². The van der Waals surface area contributed by atoms with E-state index in [0.717, 1.165) is 27.3 Å². The van der Waals surface area contributed by atoms with E-state index in [1.807, 2.05) is 72.8 Å². The van der Waals surface area contributed by atoms with Gasteiger partial charge in [-0.05, 0) is 39.4 Å². The molecular weight excluding hydrogens is 318 g/mol. The summed E-state index contributed by atoms with van der Waals surface area (Å²) in [5.41, 5.74) is 1.98. The maximum Gasteiger partial charge on any atom is 0.256 e. The maximum absolute atomic E-state index is 12.4. The number of H-pyrrole nitrogens is 1. The molecule has 0 bridgehead atoms. The van der Waals surface area contributed by atoms with Crippen molar-refractivity contribution < 1.29 is 0 Å². The number of benzene rings is 3. The molecule has 1 N–H and O–H groups in total. The third-order valence-electron chi connectivity index (χ3n) is 4.14. The minimum Gasteiger partial charge on any atom is -0.328 e. The standard InChI is InChI=1S/C21H14ClNO/c22-17-10-8-15-9-11-18-16(7-6-14-4-2-1-3-5-14)13-23-21(24)20(18)19(15)12-17/h1-13H,(H,23,24)/b7-6+. The molecule has 4 aromatic rings. The highest BCUT2D eigenvalue weighted by Crippen LogP contribution is 2.28. The summed E-state index contributed by atoms with van der Waals surface area (Å²) in [5, 5.41) is 4.09. The van der Waals surface area contributed by atoms with Crippen LogP contribution in [-0.2, 0) is 0 Å². The molecule has 0 aliphatic carbocycles. The predicted octanol–water partition coefficient (Wildman–Crippen LogP) is 5.51. The molecule has 0 aliphatic rings. The molecular formula is C21H14ClNO. The van der Waals surface area contributed by atoms with Gasteiger partial charge >= 0.3 is 0 Å². The van der Waals surface area contributed by atoms with Gasteiger partial charge in [0, 0.05) is 11.2 Å². The third-order valence-corrected chi connectivity index (χ3v) is 4.37. The van der Waals surface area contributed by atoms with Crippen LogP contribution >= 0.6 is 11.6 Å². The molecule has 4 rings (SSSR count). The van der Waals surface area contributed by atoms with Gasteiger partial charge in [0.15, 0.2) is 0 Å². The number of aromatic nitrogens is 1. The van der Waals surface area contributed by atoms with Crippen molar-refractivity contribution in [1.82, 2.24) is 4.98 Å². The molecule has 116 valence electrons. The largest absolute Gasteiger partial charge is 0.328 e. The number of fused-ring (bicyclic) bond motifs is 3. The summed E-state index contributed by atoms with van der Waals surface area (Å²) >= 11 is 6.13. The lowest BCUT2D eigenvalue weighted by molar-refractivity contribution is 1.27. The molecule has 1 heterocycles. The zero-order valence-electron chi connectivity index (χ0n) is 12.8. The van der Waals surface area contributed by atoms with E-state index >= 15 is 0 Å². The van der Waals surface area contributed by atoms with Gasteiger partial charge in [0.2, 0.25) is 0 Å². The topological polar surface area (TPSA) is 32.9 Å². The Morgan fingerprint density at radius 1 is 0.875 bits per heavy atom. The predicted molar refractivity (Wildman–Crippen MR) is 102 cm³/mol. The molecule has 0 atom stereocenters. The summed E-state index contributed by atoms with van der Waals surface area (Å²) in [6.07, 6.45) is 5.81. The number of hydrogen-bond donors (Lipinski definition) is 1. The number of hydrogen-bond acceptors (Lipinski definition) is 1. The first-order valence-electron chi connectivity index (χ1n) is 7.69. The second-order valence-electron chi connectivity index (χ2n) is 5.67. The highest BCUT2D eigenvalue weighted by molar-refractivity contribution is 6.31. The van der Waals surface area contributed by atoms with E-state index in [4.69, 9.17) is 11.6 Å². The number of aromatic amines is 1. The highest BCUT2D eigenvalue weighted by Gasteiger charge is 2.08. The van der Waals surface area contributed by atoms with Crippen LogP contribution in [0.4, 0.5) is 0 Å². The monoisotopic (exact) mass is 331 g/mol. The number of rotatable bonds is 2. The second kappa shape index (κ2) is 5.99. The SMILES string of the molecule is O=c1[nH]cc(/C=C/c2ccccc2)c2ccc3ccc(Cl)cc3c12. The molecule has 3 heteroatoms. The Kier molecular flexibility index (Phi) is 3.68. The van der Waals surface area contributed by atoms with E-state index in [0.29, 0.717) is 10.4 Å². The van der Waals surface area contributed by atoms with Gasteiger partial charge in [-0.15, -0.1) is 0 Å². The van der Waals surface area contributed by atoms with Crippen molar-refractivity contribution in [3.8, 4) is 0 Å². The van der Waals surface area contributed by atoms with Gasteiger partial charge in [0.1, 0.15) is 0 Å². The molecule has 2 nitrogen and oxygen atoms in total. The first-order chi connectivity index (χ1) is 11.7. The van der Waals surface area contributed by atoms with Gasteiger partial charge in [-0.25, -0.2) is 0 Å². The highest BCUT2D eigenvalue weighted by atomic mass is 35.5. The molecule has 0 aliphatic heterocycles. The van der Waals surface area contributed by atoms with E-state index < -0.39 is 0 Å². The molecule has 0 amide bonds. The van der Waals surface area contributed by atoms with Crippen LogP contribution < -0.4 is 5.56 Å². The molecule has 24 heavy (non-hydrogen) atoms. The van der Waals surface area contributed by atoms with Gasteiger partial charge in [0.25, 0.3) is 5.56 Å². The Balaban J connectivity index is 1.96. The van der Waals surface area contributed by atoms with E-state index in [2.05, 4.69) is 4.98 Å². The van der Waals surface area contributed by atoms with Crippen LogP contribution in [0, 0.1) is 0 Å². The lowest BCUT2D eigenvalue weighted by Gasteiger charge is -2.06. The molecule has 3 aromatic carbocycles. The van der Waals surface area contributed by atoms with Gasteiger partial charge < -0.3 is 4.98 Å². The Morgan fingerprint density at radius 3 is 2.50 bits per heavy atom. The average molecular weight is 332 g/mol. The summed E-state index contributed by atoms with van der Waals surface area (Å²) < 4.78 is 0. The molecule has 0 unspecified atom stereocenters. The van der Waals surface area contributed by atoms with Crippen molar-refractivity contribution >= 4 is 45.3 Å². The summed E-state index contributed by atoms with van der Waals surface area (Å²) in [7, 11) is 0. The number of halogens is 1. The third kappa shape index (κ3) is 2.61. The zero-order chi connectivity index (χ0) is 16.5. The van der Waals surface area contributed by atoms with Crippen molar-refractivity contribution in [3.05, 3.63) is 93.4 Å². The quantitative estimate of drug-likeness (QED) is 0.483. The maximum atomic E-state index is 12.4. The van der Waals surface area contributed by atoms with Crippen molar-refractivity contribution in [2.24, 2.45) is 0 Å². The summed E-state index contributed by atoms with van der Waals surface area (Å²) in [6.45, 7) is 0. The first-order valence-corrected chi connectivity index (χ1v) is 8.07. The van der Waals surface area contributed by atoms with Gasteiger partial charge in [-0.1, -0.05) is 72.3 Å². The smallest absolute Gasteiger partial charge is 0.256 e. The molecule has 0 spiro atoms. The molecule has 0 radical (unpaired) electrons. The molecule has 0 fully saturated rings. The van der Waals surface area contributed by atoms with Crippen LogP contribution in [0.3, 0.4) is 0 Å². The lowest BCUT2D eigenvalue weighted by Crippen LogP contribution is -2.06. The van der Waals surface area contributed by atoms with E-state index in [9.17, 15) is 4.79 Å². The van der Waals surface area contributed by atoms with Gasteiger partial charge in [-0.2, -0.15) is 0 Å². The number of nitrogens with one attached hydrogen (secondary N) is 1. The van der Waals surface area contributed by atoms with Crippen LogP contribution in [0.5, 0.6) is 0 Å². The van der Waals surface area contributed by atoms with Crippen LogP contribution in [0.25, 0.3) is 33.7 Å². The summed E-state index contributed by atoms with van der Waals surface area (Å²) in [4.78, 5) is 15.2. The Bertz CT molecular complexity index is 1130. The van der Waals surface area contributed by atoms with Crippen molar-refractivity contribution in [3.63, 3.8) is 0 Å². The van der Waals surface area contributed by atoms with Crippen LogP contribution in [-0.4, -0.2) is 4.98 Å². The van der Waals surface area contributed by atoms with Gasteiger partial charge in [-0.3, -0.25) is 4.79 Å². The molecule has 1 aromatic heterocycles. The van der Waals surface area contributed by atoms with Crippen LogP contribution in [0.1, 0.15) is 11.1 Å². The first kappa shape index (κ1) is 14.7.